The lowest BCUT2D eigenvalue weighted by Crippen LogP contribution is -2.28. The minimum absolute atomic E-state index is 0.241. The van der Waals surface area contributed by atoms with Crippen LogP contribution in [0.3, 0.4) is 0 Å². The largest absolute Gasteiger partial charge is 0.320 e. The van der Waals surface area contributed by atoms with E-state index in [-0.39, 0.29) is 11.4 Å². The summed E-state index contributed by atoms with van der Waals surface area (Å²) in [6.07, 6.45) is 1.21. The number of aromatic nitrogens is 4. The summed E-state index contributed by atoms with van der Waals surface area (Å²) >= 11 is 0. The predicted molar refractivity (Wildman–Crippen MR) is 105 cm³/mol. The van der Waals surface area contributed by atoms with Crippen molar-refractivity contribution in [3.05, 3.63) is 46.3 Å². The fourth-order valence-corrected chi connectivity index (χ4v) is 3.11. The number of nitrogens with zero attached hydrogens (tertiary/aromatic N) is 6. The maximum Gasteiger partial charge on any atom is 0.320 e. The highest BCUT2D eigenvalue weighted by molar-refractivity contribution is 6.05. The number of likely N-dealkylation sites (N-methyl/N-ethyl adjacent to an activating group) is 1. The maximum atomic E-state index is 12.7. The molecule has 3 rings (SSSR count). The van der Waals surface area contributed by atoms with Crippen molar-refractivity contribution in [1.29, 1.82) is 0 Å². The monoisotopic (exact) mass is 385 g/mol. The first-order valence-corrected chi connectivity index (χ1v) is 9.11. The van der Waals surface area contributed by atoms with Crippen LogP contribution in [0.4, 0.5) is 11.6 Å². The van der Waals surface area contributed by atoms with Crippen molar-refractivity contribution in [2.75, 3.05) is 25.0 Å². The zero-order valence-corrected chi connectivity index (χ0v) is 16.1. The van der Waals surface area contributed by atoms with Gasteiger partial charge in [0, 0.05) is 20.1 Å². The molecule has 0 bridgehead atoms. The van der Waals surface area contributed by atoms with E-state index in [0.717, 1.165) is 30.7 Å². The Labute approximate surface area is 161 Å². The van der Waals surface area contributed by atoms with E-state index in [1.54, 1.807) is 0 Å². The van der Waals surface area contributed by atoms with E-state index in [1.807, 2.05) is 28.8 Å². The summed E-state index contributed by atoms with van der Waals surface area (Å²) in [5, 5.41) is 17.8. The van der Waals surface area contributed by atoms with Crippen LogP contribution in [0.1, 0.15) is 24.3 Å². The van der Waals surface area contributed by atoms with Crippen molar-refractivity contribution >= 4 is 28.6 Å². The molecule has 0 radical (unpaired) electrons. The number of para-hydroxylation sites is 2. The van der Waals surface area contributed by atoms with Gasteiger partial charge < -0.3 is 9.47 Å². The average Bonchev–Trinajstić information content (AvgIpc) is 3.23. The first-order valence-electron chi connectivity index (χ1n) is 9.11. The SMILES string of the molecule is CCN(CC)CCn1c(NC(=O)c2nn(C)cc2[N+](=O)[O-])nc2ccccc21. The Morgan fingerprint density at radius 2 is 2.00 bits per heavy atom. The molecule has 10 nitrogen and oxygen atoms in total. The Bertz CT molecular complexity index is 1000. The molecule has 0 unspecified atom stereocenters. The summed E-state index contributed by atoms with van der Waals surface area (Å²) in [5.74, 6) is -0.315. The first kappa shape index (κ1) is 19.5. The van der Waals surface area contributed by atoms with Crippen LogP contribution < -0.4 is 5.32 Å². The molecule has 1 N–H and O–H groups in total. The van der Waals surface area contributed by atoms with Gasteiger partial charge in [0.25, 0.3) is 5.91 Å². The Morgan fingerprint density at radius 1 is 1.29 bits per heavy atom. The molecule has 0 saturated heterocycles. The fourth-order valence-electron chi connectivity index (χ4n) is 3.11. The van der Waals surface area contributed by atoms with Gasteiger partial charge in [-0.05, 0) is 25.2 Å². The number of hydrogen-bond acceptors (Lipinski definition) is 6. The van der Waals surface area contributed by atoms with Gasteiger partial charge in [0.2, 0.25) is 11.6 Å². The number of imidazole rings is 1. The van der Waals surface area contributed by atoms with Gasteiger partial charge in [-0.1, -0.05) is 26.0 Å². The van der Waals surface area contributed by atoms with E-state index < -0.39 is 10.8 Å². The minimum atomic E-state index is -0.660. The number of anilines is 1. The van der Waals surface area contributed by atoms with Crippen LogP contribution >= 0.6 is 0 Å². The molecule has 2 heterocycles. The quantitative estimate of drug-likeness (QED) is 0.470. The molecule has 148 valence electrons. The molecule has 2 aromatic heterocycles. The van der Waals surface area contributed by atoms with Crippen molar-refractivity contribution in [2.24, 2.45) is 7.05 Å². The molecule has 0 aliphatic heterocycles. The van der Waals surface area contributed by atoms with Crippen LogP contribution in [0.5, 0.6) is 0 Å². The molecule has 28 heavy (non-hydrogen) atoms. The molecule has 0 spiro atoms. The van der Waals surface area contributed by atoms with Crippen LogP contribution in [0.25, 0.3) is 11.0 Å². The summed E-state index contributed by atoms with van der Waals surface area (Å²) in [5.41, 5.74) is 1.05. The molecular weight excluding hydrogens is 362 g/mol. The van der Waals surface area contributed by atoms with Crippen molar-refractivity contribution in [2.45, 2.75) is 20.4 Å². The molecule has 1 amide bonds. The van der Waals surface area contributed by atoms with Crippen LogP contribution in [-0.4, -0.2) is 54.7 Å². The predicted octanol–water partition coefficient (Wildman–Crippen LogP) is 2.27. The summed E-state index contributed by atoms with van der Waals surface area (Å²) in [6.45, 7) is 7.45. The van der Waals surface area contributed by atoms with Gasteiger partial charge in [-0.3, -0.25) is 24.9 Å². The molecule has 0 atom stereocenters. The lowest BCUT2D eigenvalue weighted by Gasteiger charge is -2.19. The highest BCUT2D eigenvalue weighted by atomic mass is 16.6. The van der Waals surface area contributed by atoms with Gasteiger partial charge >= 0.3 is 5.69 Å². The van der Waals surface area contributed by atoms with Gasteiger partial charge in [-0.2, -0.15) is 5.10 Å². The van der Waals surface area contributed by atoms with Gasteiger partial charge in [-0.15, -0.1) is 0 Å². The number of carbonyl (C=O) groups excluding carboxylic acids is 1. The minimum Gasteiger partial charge on any atom is -0.309 e. The highest BCUT2D eigenvalue weighted by Crippen LogP contribution is 2.22. The standard InChI is InChI=1S/C18H23N7O3/c1-4-23(5-2)10-11-24-14-9-7-6-8-13(14)19-18(24)20-17(26)16-15(25(27)28)12-22(3)21-16/h6-9,12H,4-5,10-11H2,1-3H3,(H,19,20,26). The third-order valence-corrected chi connectivity index (χ3v) is 4.64. The maximum absolute atomic E-state index is 12.7. The third kappa shape index (κ3) is 3.86. The fraction of sp³-hybridized carbons (Fsp3) is 0.389. The smallest absolute Gasteiger partial charge is 0.309 e. The van der Waals surface area contributed by atoms with Crippen molar-refractivity contribution < 1.29 is 9.72 Å². The lowest BCUT2D eigenvalue weighted by molar-refractivity contribution is -0.385. The second-order valence-electron chi connectivity index (χ2n) is 6.35. The highest BCUT2D eigenvalue weighted by Gasteiger charge is 2.26. The molecule has 0 aliphatic rings. The molecule has 1 aromatic carbocycles. The van der Waals surface area contributed by atoms with Gasteiger partial charge in [-0.25, -0.2) is 4.98 Å². The van der Waals surface area contributed by atoms with E-state index in [4.69, 9.17) is 0 Å². The Hall–Kier alpha value is -3.27. The van der Waals surface area contributed by atoms with E-state index in [9.17, 15) is 14.9 Å². The van der Waals surface area contributed by atoms with Crippen molar-refractivity contribution in [3.63, 3.8) is 0 Å². The second-order valence-corrected chi connectivity index (χ2v) is 6.35. The number of fused-ring (bicyclic) bond motifs is 1. The molecule has 0 aliphatic carbocycles. The van der Waals surface area contributed by atoms with Crippen LogP contribution in [-0.2, 0) is 13.6 Å². The summed E-state index contributed by atoms with van der Waals surface area (Å²) in [6, 6.07) is 7.58. The van der Waals surface area contributed by atoms with E-state index >= 15 is 0 Å². The van der Waals surface area contributed by atoms with Crippen molar-refractivity contribution in [1.82, 2.24) is 24.2 Å². The summed E-state index contributed by atoms with van der Waals surface area (Å²) in [4.78, 5) is 30.0. The van der Waals surface area contributed by atoms with E-state index in [1.165, 1.54) is 17.9 Å². The van der Waals surface area contributed by atoms with Crippen LogP contribution in [0.15, 0.2) is 30.5 Å². The Morgan fingerprint density at radius 3 is 2.68 bits per heavy atom. The Kier molecular flexibility index (Phi) is 5.69. The number of nitrogens with one attached hydrogen (secondary N) is 1. The summed E-state index contributed by atoms with van der Waals surface area (Å²) in [7, 11) is 1.53. The zero-order valence-electron chi connectivity index (χ0n) is 16.1. The lowest BCUT2D eigenvalue weighted by atomic mass is 10.3. The topological polar surface area (TPSA) is 111 Å². The number of amides is 1. The normalized spacial score (nSPS) is 11.3. The van der Waals surface area contributed by atoms with Crippen LogP contribution in [0.2, 0.25) is 0 Å². The molecule has 3 aromatic rings. The molecule has 0 saturated carbocycles. The average molecular weight is 385 g/mol. The second kappa shape index (κ2) is 8.17. The van der Waals surface area contributed by atoms with Crippen LogP contribution in [0, 0.1) is 10.1 Å². The van der Waals surface area contributed by atoms with Gasteiger partial charge in [0.05, 0.1) is 16.0 Å². The van der Waals surface area contributed by atoms with Gasteiger partial charge in [0.1, 0.15) is 6.20 Å². The molecule has 10 heteroatoms. The summed E-state index contributed by atoms with van der Waals surface area (Å²) < 4.78 is 3.16. The zero-order chi connectivity index (χ0) is 20.3. The number of rotatable bonds is 8. The number of benzene rings is 1. The number of nitro groups is 1. The third-order valence-electron chi connectivity index (χ3n) is 4.64. The molecular formula is C18H23N7O3. The number of hydrogen-bond donors (Lipinski definition) is 1. The van der Waals surface area contributed by atoms with E-state index in [2.05, 4.69) is 34.1 Å². The molecule has 0 fully saturated rings. The van der Waals surface area contributed by atoms with E-state index in [0.29, 0.717) is 12.5 Å². The first-order chi connectivity index (χ1) is 13.4. The van der Waals surface area contributed by atoms with Crippen molar-refractivity contribution in [3.8, 4) is 0 Å². The number of aryl methyl sites for hydroxylation is 1. The van der Waals surface area contributed by atoms with Gasteiger partial charge in [0.15, 0.2) is 0 Å². The Balaban J connectivity index is 1.93. The number of carbonyl (C=O) groups is 1.